The minimum absolute atomic E-state index is 0.0763. The van der Waals surface area contributed by atoms with E-state index in [1.807, 2.05) is 6.07 Å². The molecular formula is C16H20BrClN2O. The number of fused-ring (bicyclic) bond motifs is 2. The molecule has 2 aliphatic heterocycles. The van der Waals surface area contributed by atoms with E-state index in [1.54, 1.807) is 12.1 Å². The first-order valence-electron chi connectivity index (χ1n) is 7.50. The number of nitrogens with one attached hydrogen (secondary N) is 1. The average Bonchev–Trinajstić information content (AvgIpc) is 2.69. The number of benzene rings is 1. The first kappa shape index (κ1) is 15.3. The van der Waals surface area contributed by atoms with Crippen LogP contribution in [0.2, 0.25) is 5.02 Å². The lowest BCUT2D eigenvalue weighted by molar-refractivity contribution is 0.0917. The lowest BCUT2D eigenvalue weighted by Gasteiger charge is -2.36. The Balaban J connectivity index is 1.58. The van der Waals surface area contributed by atoms with Crippen LogP contribution in [0.15, 0.2) is 22.7 Å². The number of hydrogen-bond acceptors (Lipinski definition) is 2. The van der Waals surface area contributed by atoms with Crippen LogP contribution in [0.25, 0.3) is 0 Å². The minimum atomic E-state index is -0.0763. The summed E-state index contributed by atoms with van der Waals surface area (Å²) in [6.45, 7) is 0.752. The number of carbonyl (C=O) groups is 1. The standard InChI is InChI=1S/C16H20BrClN2O/c1-20-12-3-4-13(20)7-10(6-12)9-19-16(21)14-8-11(17)2-5-15(14)18/h2,5,8,10,12-13H,3-4,6-7,9H2,1H3,(H,19,21). The summed E-state index contributed by atoms with van der Waals surface area (Å²) >= 11 is 9.48. The first-order valence-corrected chi connectivity index (χ1v) is 8.67. The normalized spacial score (nSPS) is 28.6. The van der Waals surface area contributed by atoms with Crippen LogP contribution in [-0.4, -0.2) is 36.5 Å². The molecule has 2 heterocycles. The Morgan fingerprint density at radius 2 is 2.05 bits per heavy atom. The second-order valence-corrected chi connectivity index (χ2v) is 7.54. The molecular weight excluding hydrogens is 352 g/mol. The van der Waals surface area contributed by atoms with E-state index >= 15 is 0 Å². The summed E-state index contributed by atoms with van der Waals surface area (Å²) in [5, 5.41) is 3.56. The van der Waals surface area contributed by atoms with Crippen LogP contribution in [0.5, 0.6) is 0 Å². The topological polar surface area (TPSA) is 32.3 Å². The van der Waals surface area contributed by atoms with Gasteiger partial charge in [0.25, 0.3) is 5.91 Å². The number of hydrogen-bond donors (Lipinski definition) is 1. The zero-order valence-corrected chi connectivity index (χ0v) is 14.5. The van der Waals surface area contributed by atoms with E-state index in [-0.39, 0.29) is 5.91 Å². The third-order valence-electron chi connectivity index (χ3n) is 4.92. The van der Waals surface area contributed by atoms with Crippen molar-refractivity contribution < 1.29 is 4.79 Å². The highest BCUT2D eigenvalue weighted by Gasteiger charge is 2.38. The molecule has 1 amide bonds. The monoisotopic (exact) mass is 370 g/mol. The van der Waals surface area contributed by atoms with Crippen LogP contribution < -0.4 is 5.32 Å². The van der Waals surface area contributed by atoms with Crippen LogP contribution in [0.3, 0.4) is 0 Å². The van der Waals surface area contributed by atoms with Gasteiger partial charge in [-0.15, -0.1) is 0 Å². The molecule has 2 atom stereocenters. The number of amides is 1. The lowest BCUT2D eigenvalue weighted by Crippen LogP contribution is -2.43. The number of carbonyl (C=O) groups excluding carboxylic acids is 1. The molecule has 0 aromatic heterocycles. The van der Waals surface area contributed by atoms with E-state index in [0.29, 0.717) is 28.6 Å². The molecule has 0 radical (unpaired) electrons. The highest BCUT2D eigenvalue weighted by atomic mass is 79.9. The molecule has 0 saturated carbocycles. The molecule has 0 aliphatic carbocycles. The molecule has 3 rings (SSSR count). The van der Waals surface area contributed by atoms with Gasteiger partial charge in [0.15, 0.2) is 0 Å². The number of halogens is 2. The van der Waals surface area contributed by atoms with Gasteiger partial charge in [0.2, 0.25) is 0 Å². The van der Waals surface area contributed by atoms with Gasteiger partial charge in [0, 0.05) is 23.1 Å². The molecule has 2 unspecified atom stereocenters. The summed E-state index contributed by atoms with van der Waals surface area (Å²) in [5.74, 6) is 0.515. The summed E-state index contributed by atoms with van der Waals surface area (Å²) in [4.78, 5) is 14.8. The summed E-state index contributed by atoms with van der Waals surface area (Å²) in [7, 11) is 2.23. The Morgan fingerprint density at radius 1 is 1.38 bits per heavy atom. The number of piperidine rings is 1. The average molecular weight is 372 g/mol. The van der Waals surface area contributed by atoms with Crippen LogP contribution in [-0.2, 0) is 0 Å². The van der Waals surface area contributed by atoms with E-state index in [9.17, 15) is 4.79 Å². The van der Waals surface area contributed by atoms with Crippen molar-refractivity contribution in [2.24, 2.45) is 5.92 Å². The van der Waals surface area contributed by atoms with Crippen molar-refractivity contribution in [1.82, 2.24) is 10.2 Å². The quantitative estimate of drug-likeness (QED) is 0.878. The van der Waals surface area contributed by atoms with Crippen molar-refractivity contribution in [1.29, 1.82) is 0 Å². The summed E-state index contributed by atoms with van der Waals surface area (Å²) in [6, 6.07) is 6.78. The van der Waals surface area contributed by atoms with Crippen LogP contribution in [0.4, 0.5) is 0 Å². The predicted octanol–water partition coefficient (Wildman–Crippen LogP) is 3.71. The molecule has 1 aromatic carbocycles. The van der Waals surface area contributed by atoms with E-state index in [1.165, 1.54) is 25.7 Å². The van der Waals surface area contributed by atoms with Crippen molar-refractivity contribution in [2.45, 2.75) is 37.8 Å². The maximum Gasteiger partial charge on any atom is 0.252 e. The lowest BCUT2D eigenvalue weighted by atomic mass is 9.91. The molecule has 21 heavy (non-hydrogen) atoms. The van der Waals surface area contributed by atoms with Crippen LogP contribution in [0.1, 0.15) is 36.0 Å². The van der Waals surface area contributed by atoms with E-state index in [2.05, 4.69) is 33.2 Å². The minimum Gasteiger partial charge on any atom is -0.352 e. The van der Waals surface area contributed by atoms with Crippen molar-refractivity contribution in [3.8, 4) is 0 Å². The summed E-state index contributed by atoms with van der Waals surface area (Å²) < 4.78 is 0.870. The van der Waals surface area contributed by atoms with Gasteiger partial charge in [0.1, 0.15) is 0 Å². The van der Waals surface area contributed by atoms with E-state index in [0.717, 1.165) is 11.0 Å². The fraction of sp³-hybridized carbons (Fsp3) is 0.562. The Kier molecular flexibility index (Phi) is 4.57. The fourth-order valence-electron chi connectivity index (χ4n) is 3.69. The maximum absolute atomic E-state index is 12.3. The number of rotatable bonds is 3. The van der Waals surface area contributed by atoms with Gasteiger partial charge < -0.3 is 10.2 Å². The molecule has 2 aliphatic rings. The Bertz CT molecular complexity index is 537. The SMILES string of the molecule is CN1C2CCC1CC(CNC(=O)c1cc(Br)ccc1Cl)C2. The molecule has 5 heteroatoms. The van der Waals surface area contributed by atoms with Gasteiger partial charge in [-0.05, 0) is 56.8 Å². The Morgan fingerprint density at radius 3 is 2.71 bits per heavy atom. The third-order valence-corrected chi connectivity index (χ3v) is 5.74. The van der Waals surface area contributed by atoms with E-state index < -0.39 is 0 Å². The van der Waals surface area contributed by atoms with Crippen LogP contribution in [0, 0.1) is 5.92 Å². The molecule has 1 aromatic rings. The molecule has 1 N–H and O–H groups in total. The van der Waals surface area contributed by atoms with Crippen molar-refractivity contribution in [2.75, 3.05) is 13.6 Å². The van der Waals surface area contributed by atoms with Crippen molar-refractivity contribution in [3.05, 3.63) is 33.3 Å². The summed E-state index contributed by atoms with van der Waals surface area (Å²) in [5.41, 5.74) is 0.543. The highest BCUT2D eigenvalue weighted by molar-refractivity contribution is 9.10. The van der Waals surface area contributed by atoms with Gasteiger partial charge in [-0.3, -0.25) is 4.79 Å². The Labute approximate surface area is 139 Å². The van der Waals surface area contributed by atoms with Gasteiger partial charge >= 0.3 is 0 Å². The van der Waals surface area contributed by atoms with Gasteiger partial charge in [-0.25, -0.2) is 0 Å². The van der Waals surface area contributed by atoms with Gasteiger partial charge in [-0.2, -0.15) is 0 Å². The number of nitrogens with zero attached hydrogens (tertiary/aromatic N) is 1. The maximum atomic E-state index is 12.3. The van der Waals surface area contributed by atoms with Crippen molar-refractivity contribution >= 4 is 33.4 Å². The second kappa shape index (κ2) is 6.27. The first-order chi connectivity index (χ1) is 10.0. The molecule has 2 bridgehead atoms. The van der Waals surface area contributed by atoms with Gasteiger partial charge in [-0.1, -0.05) is 27.5 Å². The molecule has 3 nitrogen and oxygen atoms in total. The smallest absolute Gasteiger partial charge is 0.252 e. The van der Waals surface area contributed by atoms with E-state index in [4.69, 9.17) is 11.6 Å². The highest BCUT2D eigenvalue weighted by Crippen LogP contribution is 2.37. The molecule has 0 spiro atoms. The molecule has 2 fully saturated rings. The molecule has 114 valence electrons. The van der Waals surface area contributed by atoms with Crippen LogP contribution >= 0.6 is 27.5 Å². The fourth-order valence-corrected chi connectivity index (χ4v) is 4.26. The predicted molar refractivity (Wildman–Crippen MR) is 88.8 cm³/mol. The largest absolute Gasteiger partial charge is 0.352 e. The van der Waals surface area contributed by atoms with Crippen molar-refractivity contribution in [3.63, 3.8) is 0 Å². The second-order valence-electron chi connectivity index (χ2n) is 6.22. The molecule has 2 saturated heterocycles. The Hall–Kier alpha value is -0.580. The third kappa shape index (κ3) is 3.27. The van der Waals surface area contributed by atoms with Gasteiger partial charge in [0.05, 0.1) is 10.6 Å². The zero-order valence-electron chi connectivity index (χ0n) is 12.1. The zero-order chi connectivity index (χ0) is 15.0. The summed E-state index contributed by atoms with van der Waals surface area (Å²) in [6.07, 6.45) is 5.01.